The van der Waals surface area contributed by atoms with Gasteiger partial charge in [-0.25, -0.2) is 4.98 Å². The first kappa shape index (κ1) is 12.6. The van der Waals surface area contributed by atoms with Gasteiger partial charge in [0, 0.05) is 12.8 Å². The van der Waals surface area contributed by atoms with E-state index in [1.165, 1.54) is 0 Å². The van der Waals surface area contributed by atoms with Crippen molar-refractivity contribution in [1.82, 2.24) is 4.98 Å². The van der Waals surface area contributed by atoms with Crippen LogP contribution in [-0.2, 0) is 12.8 Å². The van der Waals surface area contributed by atoms with Gasteiger partial charge >= 0.3 is 0 Å². The third-order valence-corrected chi connectivity index (χ3v) is 2.74. The summed E-state index contributed by atoms with van der Waals surface area (Å²) in [5, 5.41) is 0. The van der Waals surface area contributed by atoms with E-state index in [-0.39, 0.29) is 0 Å². The van der Waals surface area contributed by atoms with Gasteiger partial charge in [0.2, 0.25) is 0 Å². The van der Waals surface area contributed by atoms with Crippen LogP contribution in [0.2, 0.25) is 0 Å². The Morgan fingerprint density at radius 1 is 1.28 bits per heavy atom. The molecule has 4 nitrogen and oxygen atoms in total. The predicted molar refractivity (Wildman–Crippen MR) is 69.7 cm³/mol. The first-order valence-corrected chi connectivity index (χ1v) is 6.08. The fourth-order valence-corrected chi connectivity index (χ4v) is 1.74. The predicted octanol–water partition coefficient (Wildman–Crippen LogP) is 2.17. The summed E-state index contributed by atoms with van der Waals surface area (Å²) in [6.45, 7) is 0.675. The zero-order valence-corrected chi connectivity index (χ0v) is 10.6. The molecule has 0 saturated carbocycles. The van der Waals surface area contributed by atoms with E-state index < -0.39 is 0 Å². The summed E-state index contributed by atoms with van der Waals surface area (Å²) in [7, 11) is 1.66. The molecular formula is C14H18N2O2. The molecule has 0 radical (unpaired) electrons. The maximum absolute atomic E-state index is 5.65. The molecule has 1 aromatic heterocycles. The number of oxazole rings is 1. The zero-order chi connectivity index (χ0) is 12.8. The summed E-state index contributed by atoms with van der Waals surface area (Å²) in [5.41, 5.74) is 6.62. The number of nitrogens with two attached hydrogens (primary N) is 1. The third-order valence-electron chi connectivity index (χ3n) is 2.74. The fraction of sp³-hybridized carbons (Fsp3) is 0.357. The average Bonchev–Trinajstić information content (AvgIpc) is 2.85. The van der Waals surface area contributed by atoms with E-state index in [2.05, 4.69) is 4.98 Å². The molecule has 0 bridgehead atoms. The lowest BCUT2D eigenvalue weighted by molar-refractivity contribution is 0.414. The summed E-state index contributed by atoms with van der Waals surface area (Å²) in [4.78, 5) is 4.27. The second-order valence-electron chi connectivity index (χ2n) is 4.14. The molecule has 2 rings (SSSR count). The van der Waals surface area contributed by atoms with Gasteiger partial charge < -0.3 is 14.9 Å². The fourth-order valence-electron chi connectivity index (χ4n) is 1.74. The monoisotopic (exact) mass is 246 g/mol. The molecule has 96 valence electrons. The molecule has 18 heavy (non-hydrogen) atoms. The van der Waals surface area contributed by atoms with Gasteiger partial charge in [-0.1, -0.05) is 12.1 Å². The van der Waals surface area contributed by atoms with E-state index in [9.17, 15) is 0 Å². The van der Waals surface area contributed by atoms with Crippen molar-refractivity contribution in [1.29, 1.82) is 0 Å². The molecule has 0 amide bonds. The van der Waals surface area contributed by atoms with Gasteiger partial charge in [0.05, 0.1) is 13.3 Å². The van der Waals surface area contributed by atoms with Crippen molar-refractivity contribution in [3.8, 4) is 5.75 Å². The van der Waals surface area contributed by atoms with Gasteiger partial charge in [-0.05, 0) is 30.7 Å². The van der Waals surface area contributed by atoms with Crippen molar-refractivity contribution in [2.75, 3.05) is 13.7 Å². The van der Waals surface area contributed by atoms with Crippen LogP contribution in [-0.4, -0.2) is 18.6 Å². The van der Waals surface area contributed by atoms with Crippen molar-refractivity contribution in [3.63, 3.8) is 0 Å². The van der Waals surface area contributed by atoms with Crippen LogP contribution in [0.4, 0.5) is 0 Å². The second-order valence-corrected chi connectivity index (χ2v) is 4.14. The number of hydrogen-bond donors (Lipinski definition) is 1. The maximum Gasteiger partial charge on any atom is 0.198 e. The summed E-state index contributed by atoms with van der Waals surface area (Å²) < 4.78 is 10.8. The molecule has 0 aliphatic rings. The molecule has 0 unspecified atom stereocenters. The summed E-state index contributed by atoms with van der Waals surface area (Å²) in [6, 6.07) is 7.91. The van der Waals surface area contributed by atoms with Crippen molar-refractivity contribution in [3.05, 3.63) is 47.7 Å². The van der Waals surface area contributed by atoms with Crippen LogP contribution in [0.5, 0.6) is 5.75 Å². The SMILES string of the molecule is COc1ccc(Cc2ncc(CCCN)o2)cc1. The van der Waals surface area contributed by atoms with Crippen LogP contribution in [0.25, 0.3) is 0 Å². The van der Waals surface area contributed by atoms with Crippen LogP contribution in [0.1, 0.15) is 23.6 Å². The highest BCUT2D eigenvalue weighted by Crippen LogP contribution is 2.15. The molecule has 2 N–H and O–H groups in total. The number of nitrogens with zero attached hydrogens (tertiary/aromatic N) is 1. The Morgan fingerprint density at radius 2 is 2.06 bits per heavy atom. The smallest absolute Gasteiger partial charge is 0.198 e. The molecule has 0 saturated heterocycles. The van der Waals surface area contributed by atoms with Gasteiger partial charge in [-0.15, -0.1) is 0 Å². The zero-order valence-electron chi connectivity index (χ0n) is 10.6. The Labute approximate surface area is 107 Å². The molecule has 0 spiro atoms. The van der Waals surface area contributed by atoms with Crippen LogP contribution < -0.4 is 10.5 Å². The van der Waals surface area contributed by atoms with Gasteiger partial charge in [-0.3, -0.25) is 0 Å². The molecule has 0 atom stereocenters. The van der Waals surface area contributed by atoms with Crippen molar-refractivity contribution >= 4 is 0 Å². The highest BCUT2D eigenvalue weighted by Gasteiger charge is 2.05. The average molecular weight is 246 g/mol. The van der Waals surface area contributed by atoms with E-state index in [1.54, 1.807) is 13.3 Å². The van der Waals surface area contributed by atoms with Crippen molar-refractivity contribution < 1.29 is 9.15 Å². The quantitative estimate of drug-likeness (QED) is 0.848. The molecule has 0 fully saturated rings. The van der Waals surface area contributed by atoms with Gasteiger partial charge in [0.15, 0.2) is 5.89 Å². The summed E-state index contributed by atoms with van der Waals surface area (Å²) in [6.07, 6.45) is 4.27. The van der Waals surface area contributed by atoms with Crippen molar-refractivity contribution in [2.45, 2.75) is 19.3 Å². The molecule has 1 heterocycles. The first-order chi connectivity index (χ1) is 8.81. The van der Waals surface area contributed by atoms with Crippen molar-refractivity contribution in [2.24, 2.45) is 5.73 Å². The van der Waals surface area contributed by atoms with E-state index in [0.717, 1.165) is 35.8 Å². The van der Waals surface area contributed by atoms with Gasteiger partial charge in [-0.2, -0.15) is 0 Å². The van der Waals surface area contributed by atoms with Crippen LogP contribution in [0.3, 0.4) is 0 Å². The molecule has 1 aromatic carbocycles. The van der Waals surface area contributed by atoms with E-state index in [4.69, 9.17) is 14.9 Å². The first-order valence-electron chi connectivity index (χ1n) is 6.08. The number of aryl methyl sites for hydroxylation is 1. The molecule has 2 aromatic rings. The summed E-state index contributed by atoms with van der Waals surface area (Å²) in [5.74, 6) is 2.51. The lowest BCUT2D eigenvalue weighted by Gasteiger charge is -2.01. The molecule has 0 aliphatic carbocycles. The van der Waals surface area contributed by atoms with Crippen LogP contribution in [0.15, 0.2) is 34.9 Å². The number of rotatable bonds is 6. The Morgan fingerprint density at radius 3 is 2.72 bits per heavy atom. The number of ether oxygens (including phenoxy) is 1. The normalized spacial score (nSPS) is 10.6. The minimum atomic E-state index is 0.675. The Hall–Kier alpha value is -1.81. The van der Waals surface area contributed by atoms with Crippen LogP contribution >= 0.6 is 0 Å². The molecule has 4 heteroatoms. The Bertz CT molecular complexity index is 477. The number of methoxy groups -OCH3 is 1. The number of benzene rings is 1. The van der Waals surface area contributed by atoms with Gasteiger partial charge in [0.1, 0.15) is 11.5 Å². The standard InChI is InChI=1S/C14H18N2O2/c1-17-12-6-4-11(5-7-12)9-14-16-10-13(18-14)3-2-8-15/h4-7,10H,2-3,8-9,15H2,1H3. The molecular weight excluding hydrogens is 228 g/mol. The summed E-state index contributed by atoms with van der Waals surface area (Å²) >= 11 is 0. The highest BCUT2D eigenvalue weighted by molar-refractivity contribution is 5.28. The third kappa shape index (κ3) is 3.34. The van der Waals surface area contributed by atoms with E-state index >= 15 is 0 Å². The maximum atomic E-state index is 5.65. The lowest BCUT2D eigenvalue weighted by Crippen LogP contribution is -1.99. The number of hydrogen-bond acceptors (Lipinski definition) is 4. The van der Waals surface area contributed by atoms with Crippen LogP contribution in [0, 0.1) is 0 Å². The van der Waals surface area contributed by atoms with Gasteiger partial charge in [0.25, 0.3) is 0 Å². The minimum Gasteiger partial charge on any atom is -0.497 e. The second kappa shape index (κ2) is 6.21. The Kier molecular flexibility index (Phi) is 4.36. The lowest BCUT2D eigenvalue weighted by atomic mass is 10.1. The van der Waals surface area contributed by atoms with E-state index in [1.807, 2.05) is 24.3 Å². The van der Waals surface area contributed by atoms with E-state index in [0.29, 0.717) is 13.0 Å². The highest BCUT2D eigenvalue weighted by atomic mass is 16.5. The molecule has 0 aliphatic heterocycles. The Balaban J connectivity index is 1.97. The minimum absolute atomic E-state index is 0.675. The largest absolute Gasteiger partial charge is 0.497 e. The number of aromatic nitrogens is 1. The topological polar surface area (TPSA) is 61.3 Å².